The fourth-order valence-corrected chi connectivity index (χ4v) is 0.173. The second-order valence-electron chi connectivity index (χ2n) is 1.02. The van der Waals surface area contributed by atoms with Crippen molar-refractivity contribution in [2.24, 2.45) is 0 Å². The van der Waals surface area contributed by atoms with Gasteiger partial charge in [0.15, 0.2) is 0 Å². The zero-order chi connectivity index (χ0) is 4.99. The van der Waals surface area contributed by atoms with Gasteiger partial charge in [-0.2, -0.15) is 12.6 Å². The van der Waals surface area contributed by atoms with Crippen molar-refractivity contribution in [3.8, 4) is 0 Å². The standard InChI is InChI=1S/C3H8O2S.In.3H/c4-1-3(5)2-6;;;;/h3-6H,1-2H2;;;;. The van der Waals surface area contributed by atoms with Crippen molar-refractivity contribution < 1.29 is 10.2 Å². The first kappa shape index (κ1) is 11.0. The summed E-state index contributed by atoms with van der Waals surface area (Å²) in [7, 11) is 0. The van der Waals surface area contributed by atoms with Gasteiger partial charge in [0.05, 0.1) is 12.7 Å². The molecule has 0 aliphatic rings. The van der Waals surface area contributed by atoms with Crippen molar-refractivity contribution in [3.05, 3.63) is 0 Å². The fraction of sp³-hybridized carbons (Fsp3) is 1.00. The summed E-state index contributed by atoms with van der Waals surface area (Å²) in [6, 6.07) is 0. The zero-order valence-corrected chi connectivity index (χ0v) is 4.23. The summed E-state index contributed by atoms with van der Waals surface area (Å²) in [6.07, 6.45) is -0.645. The van der Waals surface area contributed by atoms with Crippen molar-refractivity contribution in [2.45, 2.75) is 6.10 Å². The van der Waals surface area contributed by atoms with E-state index in [-0.39, 0.29) is 32.5 Å². The van der Waals surface area contributed by atoms with E-state index in [4.69, 9.17) is 10.2 Å². The normalized spacial score (nSPS) is 12.4. The molecule has 7 heavy (non-hydrogen) atoms. The van der Waals surface area contributed by atoms with Gasteiger partial charge in [0.25, 0.3) is 0 Å². The summed E-state index contributed by atoms with van der Waals surface area (Å²) in [5.74, 6) is 0.330. The number of thiol groups is 1. The van der Waals surface area contributed by atoms with Gasteiger partial charge < -0.3 is 10.2 Å². The molecule has 0 aromatic carbocycles. The van der Waals surface area contributed by atoms with Crippen LogP contribution < -0.4 is 0 Å². The van der Waals surface area contributed by atoms with Gasteiger partial charge in [-0.15, -0.1) is 0 Å². The molecule has 0 saturated heterocycles. The number of hydrogen-bond acceptors (Lipinski definition) is 3. The van der Waals surface area contributed by atoms with Crippen molar-refractivity contribution in [3.63, 3.8) is 0 Å². The van der Waals surface area contributed by atoms with Crippen LogP contribution >= 0.6 is 12.6 Å². The molecule has 0 fully saturated rings. The van der Waals surface area contributed by atoms with Crippen LogP contribution in [0.4, 0.5) is 0 Å². The van der Waals surface area contributed by atoms with Gasteiger partial charge in [-0.1, -0.05) is 0 Å². The Labute approximate surface area is 67.1 Å². The second-order valence-corrected chi connectivity index (χ2v) is 1.38. The molecule has 0 saturated carbocycles. The van der Waals surface area contributed by atoms with E-state index in [0.717, 1.165) is 0 Å². The van der Waals surface area contributed by atoms with Gasteiger partial charge in [-0.25, -0.2) is 0 Å². The van der Waals surface area contributed by atoms with E-state index in [1.807, 2.05) is 0 Å². The van der Waals surface area contributed by atoms with Crippen molar-refractivity contribution in [1.29, 1.82) is 0 Å². The van der Waals surface area contributed by atoms with Crippen LogP contribution in [0, 0.1) is 0 Å². The number of aliphatic hydroxyl groups excluding tert-OH is 2. The van der Waals surface area contributed by atoms with Crippen LogP contribution in [0.15, 0.2) is 0 Å². The van der Waals surface area contributed by atoms with Gasteiger partial charge in [0.2, 0.25) is 0 Å². The molecule has 0 spiro atoms. The summed E-state index contributed by atoms with van der Waals surface area (Å²) >= 11 is 3.69. The van der Waals surface area contributed by atoms with Crippen LogP contribution in [0.5, 0.6) is 0 Å². The molecule has 0 amide bonds. The average molecular weight is 226 g/mol. The third kappa shape index (κ3) is 7.14. The maximum absolute atomic E-state index is 8.34. The predicted molar refractivity (Wildman–Crippen MR) is 36.9 cm³/mol. The fourth-order valence-electron chi connectivity index (χ4n) is 0.0577. The molecule has 0 radical (unpaired) electrons. The average Bonchev–Trinajstić information content (AvgIpc) is 1.65. The molecule has 44 valence electrons. The monoisotopic (exact) mass is 226 g/mol. The Morgan fingerprint density at radius 1 is 1.57 bits per heavy atom. The molecule has 0 aliphatic carbocycles. The maximum atomic E-state index is 8.34. The molecular weight excluding hydrogens is 215 g/mol. The molecular formula is C3H11InO2S. The molecule has 1 atom stereocenters. The van der Waals surface area contributed by atoms with Crippen molar-refractivity contribution in [1.82, 2.24) is 0 Å². The topological polar surface area (TPSA) is 40.5 Å². The van der Waals surface area contributed by atoms with Crippen molar-refractivity contribution in [2.75, 3.05) is 12.4 Å². The number of aliphatic hydroxyl groups is 2. The van der Waals surface area contributed by atoms with Crippen LogP contribution in [0.3, 0.4) is 0 Å². The quantitative estimate of drug-likeness (QED) is 0.480. The van der Waals surface area contributed by atoms with Crippen LogP contribution in [0.25, 0.3) is 0 Å². The summed E-state index contributed by atoms with van der Waals surface area (Å²) in [5, 5.41) is 16.4. The molecule has 0 bridgehead atoms. The third-order valence-electron chi connectivity index (χ3n) is 0.421. The van der Waals surface area contributed by atoms with Gasteiger partial charge >= 0.3 is 25.8 Å². The summed E-state index contributed by atoms with van der Waals surface area (Å²) in [6.45, 7) is -0.191. The Morgan fingerprint density at radius 3 is 2.00 bits per heavy atom. The molecule has 0 aliphatic heterocycles. The first-order valence-corrected chi connectivity index (χ1v) is 2.34. The van der Waals surface area contributed by atoms with Gasteiger partial charge in [0, 0.05) is 5.75 Å². The number of hydrogen-bond donors (Lipinski definition) is 3. The van der Waals surface area contributed by atoms with E-state index >= 15 is 0 Å². The molecule has 0 aromatic heterocycles. The van der Waals surface area contributed by atoms with Crippen LogP contribution in [-0.4, -0.2) is 54.5 Å². The van der Waals surface area contributed by atoms with E-state index in [9.17, 15) is 0 Å². The molecule has 2 N–H and O–H groups in total. The Bertz CT molecular complexity index is 32.1. The second kappa shape index (κ2) is 7.14. The van der Waals surface area contributed by atoms with Gasteiger partial charge in [-0.3, -0.25) is 0 Å². The van der Waals surface area contributed by atoms with Crippen LogP contribution in [0.1, 0.15) is 0 Å². The van der Waals surface area contributed by atoms with E-state index in [2.05, 4.69) is 12.6 Å². The molecule has 4 heteroatoms. The van der Waals surface area contributed by atoms with E-state index in [1.54, 1.807) is 0 Å². The Balaban J connectivity index is 0. The molecule has 1 unspecified atom stereocenters. The molecule has 0 heterocycles. The van der Waals surface area contributed by atoms with Crippen LogP contribution in [-0.2, 0) is 0 Å². The minimum absolute atomic E-state index is 0. The van der Waals surface area contributed by atoms with E-state index in [1.165, 1.54) is 0 Å². The van der Waals surface area contributed by atoms with Gasteiger partial charge in [0.1, 0.15) is 0 Å². The zero-order valence-electron chi connectivity index (χ0n) is 3.33. The first-order chi connectivity index (χ1) is 2.81. The molecule has 0 rings (SSSR count). The Morgan fingerprint density at radius 2 is 2.00 bits per heavy atom. The van der Waals surface area contributed by atoms with E-state index < -0.39 is 6.10 Å². The third-order valence-corrected chi connectivity index (χ3v) is 0.843. The van der Waals surface area contributed by atoms with Crippen molar-refractivity contribution >= 4 is 38.5 Å². The Kier molecular flexibility index (Phi) is 11.2. The molecule has 0 aromatic rings. The summed E-state index contributed by atoms with van der Waals surface area (Å²) in [4.78, 5) is 0. The minimum atomic E-state index is -0.645. The number of rotatable bonds is 2. The molecule has 2 nitrogen and oxygen atoms in total. The van der Waals surface area contributed by atoms with Crippen LogP contribution in [0.2, 0.25) is 0 Å². The van der Waals surface area contributed by atoms with E-state index in [0.29, 0.717) is 5.75 Å². The SMILES string of the molecule is OCC(O)CS.[InH3]. The summed E-state index contributed by atoms with van der Waals surface area (Å²) in [5.41, 5.74) is 0. The first-order valence-electron chi connectivity index (χ1n) is 1.71. The summed E-state index contributed by atoms with van der Waals surface area (Å²) < 4.78 is 0. The Hall–Kier alpha value is 1.14. The van der Waals surface area contributed by atoms with Gasteiger partial charge in [-0.05, 0) is 0 Å². The predicted octanol–water partition coefficient (Wildman–Crippen LogP) is -1.91.